The van der Waals surface area contributed by atoms with Gasteiger partial charge in [0.1, 0.15) is 5.75 Å². The van der Waals surface area contributed by atoms with Gasteiger partial charge in [0.25, 0.3) is 0 Å². The lowest BCUT2D eigenvalue weighted by Gasteiger charge is -2.23. The van der Waals surface area contributed by atoms with Crippen LogP contribution >= 0.6 is 0 Å². The van der Waals surface area contributed by atoms with Crippen molar-refractivity contribution >= 4 is 17.5 Å². The molecular weight excluding hydrogens is 280 g/mol. The van der Waals surface area contributed by atoms with Crippen LogP contribution in [0.4, 0.5) is 5.69 Å². The Morgan fingerprint density at radius 2 is 2.05 bits per heavy atom. The third-order valence-corrected chi connectivity index (χ3v) is 3.42. The Bertz CT molecular complexity index is 515. The zero-order valence-corrected chi connectivity index (χ0v) is 13.9. The van der Waals surface area contributed by atoms with Crippen LogP contribution in [0.25, 0.3) is 0 Å². The lowest BCUT2D eigenvalue weighted by atomic mass is 10.1. The van der Waals surface area contributed by atoms with E-state index < -0.39 is 0 Å². The van der Waals surface area contributed by atoms with Gasteiger partial charge in [0.2, 0.25) is 11.8 Å². The number of nitrogens with one attached hydrogen (secondary N) is 1. The van der Waals surface area contributed by atoms with Crippen molar-refractivity contribution < 1.29 is 14.3 Å². The summed E-state index contributed by atoms with van der Waals surface area (Å²) >= 11 is 0. The largest absolute Gasteiger partial charge is 0.495 e. The van der Waals surface area contributed by atoms with Gasteiger partial charge in [-0.15, -0.1) is 0 Å². The molecule has 1 N–H and O–H groups in total. The summed E-state index contributed by atoms with van der Waals surface area (Å²) in [6, 6.07) is 5.66. The summed E-state index contributed by atoms with van der Waals surface area (Å²) in [5, 5.41) is 2.86. The number of carbonyl (C=O) groups excluding carboxylic acids is 2. The second kappa shape index (κ2) is 9.07. The van der Waals surface area contributed by atoms with Crippen molar-refractivity contribution in [2.24, 2.45) is 0 Å². The SMILES string of the molecule is CCCCNC(=O)CCN(C(C)=O)c1cc(C)ccc1OC. The second-order valence-corrected chi connectivity index (χ2v) is 5.30. The number of anilines is 1. The molecule has 1 rings (SSSR count). The zero-order valence-electron chi connectivity index (χ0n) is 13.9. The van der Waals surface area contributed by atoms with Crippen LogP contribution in [0.1, 0.15) is 38.7 Å². The lowest BCUT2D eigenvalue weighted by molar-refractivity contribution is -0.121. The van der Waals surface area contributed by atoms with Crippen LogP contribution in [0.2, 0.25) is 0 Å². The highest BCUT2D eigenvalue weighted by atomic mass is 16.5. The Morgan fingerprint density at radius 1 is 1.32 bits per heavy atom. The summed E-state index contributed by atoms with van der Waals surface area (Å²) < 4.78 is 5.32. The summed E-state index contributed by atoms with van der Waals surface area (Å²) in [5.74, 6) is 0.490. The average Bonchev–Trinajstić information content (AvgIpc) is 2.47. The van der Waals surface area contributed by atoms with Crippen LogP contribution in [0.15, 0.2) is 18.2 Å². The molecule has 1 aromatic rings. The molecule has 0 unspecified atom stereocenters. The number of methoxy groups -OCH3 is 1. The zero-order chi connectivity index (χ0) is 16.5. The van der Waals surface area contributed by atoms with Crippen LogP contribution in [-0.4, -0.2) is 32.0 Å². The number of aryl methyl sites for hydroxylation is 1. The molecule has 0 aromatic heterocycles. The van der Waals surface area contributed by atoms with E-state index in [1.54, 1.807) is 12.0 Å². The first-order chi connectivity index (χ1) is 10.5. The van der Waals surface area contributed by atoms with E-state index in [2.05, 4.69) is 12.2 Å². The van der Waals surface area contributed by atoms with Crippen LogP contribution in [-0.2, 0) is 9.59 Å². The second-order valence-electron chi connectivity index (χ2n) is 5.30. The number of unbranched alkanes of at least 4 members (excludes halogenated alkanes) is 1. The van der Waals surface area contributed by atoms with E-state index in [0.717, 1.165) is 18.4 Å². The van der Waals surface area contributed by atoms with Gasteiger partial charge in [0, 0.05) is 26.4 Å². The van der Waals surface area contributed by atoms with Gasteiger partial charge in [0.15, 0.2) is 0 Å². The molecule has 0 saturated heterocycles. The number of ether oxygens (including phenoxy) is 1. The third kappa shape index (κ3) is 5.39. The van der Waals surface area contributed by atoms with Crippen LogP contribution in [0.3, 0.4) is 0 Å². The minimum atomic E-state index is -0.106. The molecule has 0 spiro atoms. The molecule has 0 heterocycles. The first-order valence-corrected chi connectivity index (χ1v) is 7.69. The maximum absolute atomic E-state index is 11.9. The molecule has 1 aromatic carbocycles. The molecule has 2 amide bonds. The van der Waals surface area contributed by atoms with Crippen molar-refractivity contribution in [1.29, 1.82) is 0 Å². The van der Waals surface area contributed by atoms with E-state index in [9.17, 15) is 9.59 Å². The molecule has 0 atom stereocenters. The minimum Gasteiger partial charge on any atom is -0.495 e. The maximum Gasteiger partial charge on any atom is 0.223 e. The summed E-state index contributed by atoms with van der Waals surface area (Å²) in [6.45, 7) is 6.55. The number of carbonyl (C=O) groups is 2. The number of rotatable bonds is 8. The third-order valence-electron chi connectivity index (χ3n) is 3.42. The van der Waals surface area contributed by atoms with Gasteiger partial charge in [-0.1, -0.05) is 19.4 Å². The van der Waals surface area contributed by atoms with Crippen molar-refractivity contribution in [2.75, 3.05) is 25.1 Å². The standard InChI is InChI=1S/C17H26N2O3/c1-5-6-10-18-17(21)9-11-19(14(3)20)15-12-13(2)7-8-16(15)22-4/h7-8,12H,5-6,9-11H2,1-4H3,(H,18,21). The van der Waals surface area contributed by atoms with E-state index >= 15 is 0 Å². The highest BCUT2D eigenvalue weighted by Gasteiger charge is 2.17. The normalized spacial score (nSPS) is 10.2. The molecule has 0 bridgehead atoms. The van der Waals surface area contributed by atoms with E-state index in [4.69, 9.17) is 4.74 Å². The molecule has 0 fully saturated rings. The predicted molar refractivity (Wildman–Crippen MR) is 88.3 cm³/mol. The number of amides is 2. The van der Waals surface area contributed by atoms with Crippen molar-refractivity contribution in [3.8, 4) is 5.75 Å². The first kappa shape index (κ1) is 18.0. The summed E-state index contributed by atoms with van der Waals surface area (Å²) in [5.41, 5.74) is 1.74. The van der Waals surface area contributed by atoms with Crippen LogP contribution in [0, 0.1) is 6.92 Å². The number of hydrogen-bond acceptors (Lipinski definition) is 3. The van der Waals surface area contributed by atoms with E-state index in [0.29, 0.717) is 24.5 Å². The quantitative estimate of drug-likeness (QED) is 0.751. The monoisotopic (exact) mass is 306 g/mol. The van der Waals surface area contributed by atoms with Gasteiger partial charge in [-0.25, -0.2) is 0 Å². The van der Waals surface area contributed by atoms with Gasteiger partial charge < -0.3 is 15.0 Å². The topological polar surface area (TPSA) is 58.6 Å². The summed E-state index contributed by atoms with van der Waals surface area (Å²) in [7, 11) is 1.57. The Hall–Kier alpha value is -2.04. The number of nitrogens with zero attached hydrogens (tertiary/aromatic N) is 1. The Labute approximate surface area is 132 Å². The summed E-state index contributed by atoms with van der Waals surface area (Å²) in [6.07, 6.45) is 2.29. The lowest BCUT2D eigenvalue weighted by Crippen LogP contribution is -2.34. The smallest absolute Gasteiger partial charge is 0.223 e. The molecular formula is C17H26N2O3. The fraction of sp³-hybridized carbons (Fsp3) is 0.529. The summed E-state index contributed by atoms with van der Waals surface area (Å²) in [4.78, 5) is 25.3. The predicted octanol–water partition coefficient (Wildman–Crippen LogP) is 2.66. The highest BCUT2D eigenvalue weighted by Crippen LogP contribution is 2.29. The van der Waals surface area contributed by atoms with Crippen LogP contribution < -0.4 is 15.0 Å². The van der Waals surface area contributed by atoms with Crippen molar-refractivity contribution in [1.82, 2.24) is 5.32 Å². The van der Waals surface area contributed by atoms with Crippen molar-refractivity contribution in [2.45, 2.75) is 40.0 Å². The highest BCUT2D eigenvalue weighted by molar-refractivity contribution is 5.94. The van der Waals surface area contributed by atoms with Crippen LogP contribution in [0.5, 0.6) is 5.75 Å². The molecule has 122 valence electrons. The molecule has 0 aliphatic carbocycles. The van der Waals surface area contributed by atoms with Gasteiger partial charge >= 0.3 is 0 Å². The van der Waals surface area contributed by atoms with Gasteiger partial charge in [-0.05, 0) is 31.0 Å². The van der Waals surface area contributed by atoms with Gasteiger partial charge in [-0.3, -0.25) is 9.59 Å². The Kier molecular flexibility index (Phi) is 7.43. The molecule has 0 aliphatic heterocycles. The number of benzene rings is 1. The molecule has 0 radical (unpaired) electrons. The van der Waals surface area contributed by atoms with E-state index in [-0.39, 0.29) is 18.2 Å². The molecule has 22 heavy (non-hydrogen) atoms. The van der Waals surface area contributed by atoms with Gasteiger partial charge in [0.05, 0.1) is 12.8 Å². The Morgan fingerprint density at radius 3 is 2.64 bits per heavy atom. The molecule has 0 saturated carbocycles. The average molecular weight is 306 g/mol. The number of hydrogen-bond donors (Lipinski definition) is 1. The van der Waals surface area contributed by atoms with Gasteiger partial charge in [-0.2, -0.15) is 0 Å². The maximum atomic E-state index is 11.9. The molecule has 0 aliphatic rings. The molecule has 5 nitrogen and oxygen atoms in total. The van der Waals surface area contributed by atoms with Crippen molar-refractivity contribution in [3.63, 3.8) is 0 Å². The molecule has 5 heteroatoms. The first-order valence-electron chi connectivity index (χ1n) is 7.69. The fourth-order valence-corrected chi connectivity index (χ4v) is 2.16. The van der Waals surface area contributed by atoms with Crippen molar-refractivity contribution in [3.05, 3.63) is 23.8 Å². The fourth-order valence-electron chi connectivity index (χ4n) is 2.16. The minimum absolute atomic E-state index is 0.0358. The van der Waals surface area contributed by atoms with E-state index in [1.165, 1.54) is 6.92 Å². The Balaban J connectivity index is 2.76. The van der Waals surface area contributed by atoms with E-state index in [1.807, 2.05) is 25.1 Å².